The van der Waals surface area contributed by atoms with Gasteiger partial charge in [-0.1, -0.05) is 55.5 Å². The van der Waals surface area contributed by atoms with Crippen molar-refractivity contribution >= 4 is 11.7 Å². The van der Waals surface area contributed by atoms with Crippen molar-refractivity contribution < 1.29 is 9.53 Å². The Hall–Kier alpha value is -2.29. The SMILES string of the molecule is COC(=O)C(C)CNc1ccccc1-c1ccccc1. The zero-order valence-corrected chi connectivity index (χ0v) is 11.8. The summed E-state index contributed by atoms with van der Waals surface area (Å²) in [5.41, 5.74) is 3.31. The number of hydrogen-bond acceptors (Lipinski definition) is 3. The highest BCUT2D eigenvalue weighted by Crippen LogP contribution is 2.27. The normalized spacial score (nSPS) is 11.7. The van der Waals surface area contributed by atoms with Crippen molar-refractivity contribution in [1.82, 2.24) is 0 Å². The summed E-state index contributed by atoms with van der Waals surface area (Å²) < 4.78 is 4.74. The van der Waals surface area contributed by atoms with Gasteiger partial charge in [-0.3, -0.25) is 4.79 Å². The molecule has 0 spiro atoms. The van der Waals surface area contributed by atoms with Crippen LogP contribution in [0, 0.1) is 5.92 Å². The van der Waals surface area contributed by atoms with Crippen LogP contribution in [0.25, 0.3) is 11.1 Å². The first kappa shape index (κ1) is 14.1. The van der Waals surface area contributed by atoms with Crippen LogP contribution in [0.4, 0.5) is 5.69 Å². The van der Waals surface area contributed by atoms with Crippen molar-refractivity contribution in [3.63, 3.8) is 0 Å². The van der Waals surface area contributed by atoms with Gasteiger partial charge in [0, 0.05) is 17.8 Å². The second-order valence-corrected chi connectivity index (χ2v) is 4.72. The van der Waals surface area contributed by atoms with Gasteiger partial charge in [0.25, 0.3) is 0 Å². The third-order valence-electron chi connectivity index (χ3n) is 3.21. The fraction of sp³-hybridized carbons (Fsp3) is 0.235. The molecule has 2 rings (SSSR count). The molecule has 0 radical (unpaired) electrons. The molecule has 1 unspecified atom stereocenters. The molecule has 1 atom stereocenters. The number of hydrogen-bond donors (Lipinski definition) is 1. The number of methoxy groups -OCH3 is 1. The van der Waals surface area contributed by atoms with Gasteiger partial charge in [0.05, 0.1) is 13.0 Å². The quantitative estimate of drug-likeness (QED) is 0.843. The molecule has 0 saturated carbocycles. The molecular formula is C17H19NO2. The van der Waals surface area contributed by atoms with Crippen LogP contribution in [0.15, 0.2) is 54.6 Å². The van der Waals surface area contributed by atoms with Crippen LogP contribution < -0.4 is 5.32 Å². The van der Waals surface area contributed by atoms with Crippen LogP contribution in [0.2, 0.25) is 0 Å². The first-order chi connectivity index (χ1) is 9.72. The maximum Gasteiger partial charge on any atom is 0.310 e. The summed E-state index contributed by atoms with van der Waals surface area (Å²) in [7, 11) is 1.41. The molecule has 1 N–H and O–H groups in total. The summed E-state index contributed by atoms with van der Waals surface area (Å²) in [5, 5.41) is 3.33. The first-order valence-corrected chi connectivity index (χ1v) is 6.68. The van der Waals surface area contributed by atoms with E-state index in [9.17, 15) is 4.79 Å². The molecule has 3 nitrogen and oxygen atoms in total. The van der Waals surface area contributed by atoms with E-state index < -0.39 is 0 Å². The summed E-state index contributed by atoms with van der Waals surface area (Å²) in [6.45, 7) is 2.40. The lowest BCUT2D eigenvalue weighted by atomic mass is 10.0. The van der Waals surface area contributed by atoms with Crippen molar-refractivity contribution in [2.45, 2.75) is 6.92 Å². The van der Waals surface area contributed by atoms with Crippen molar-refractivity contribution in [3.8, 4) is 11.1 Å². The molecule has 2 aromatic carbocycles. The van der Waals surface area contributed by atoms with Gasteiger partial charge < -0.3 is 10.1 Å². The number of carbonyl (C=O) groups excluding carboxylic acids is 1. The monoisotopic (exact) mass is 269 g/mol. The zero-order chi connectivity index (χ0) is 14.4. The summed E-state index contributed by atoms with van der Waals surface area (Å²) in [4.78, 5) is 11.4. The molecule has 0 fully saturated rings. The van der Waals surface area contributed by atoms with Gasteiger partial charge in [0.1, 0.15) is 0 Å². The number of esters is 1. The van der Waals surface area contributed by atoms with Gasteiger partial charge >= 0.3 is 5.97 Å². The number of nitrogens with one attached hydrogen (secondary N) is 1. The fourth-order valence-corrected chi connectivity index (χ4v) is 2.05. The molecule has 0 heterocycles. The lowest BCUT2D eigenvalue weighted by Gasteiger charge is -2.15. The van der Waals surface area contributed by atoms with E-state index in [1.54, 1.807) is 0 Å². The minimum Gasteiger partial charge on any atom is -0.469 e. The Bertz CT molecular complexity index is 566. The Morgan fingerprint density at radius 1 is 1.10 bits per heavy atom. The van der Waals surface area contributed by atoms with Crippen LogP contribution in [-0.2, 0) is 9.53 Å². The molecule has 0 aliphatic heterocycles. The summed E-state index contributed by atoms with van der Waals surface area (Å²) in [6.07, 6.45) is 0. The number of rotatable bonds is 5. The van der Waals surface area contributed by atoms with Crippen molar-refractivity contribution in [2.24, 2.45) is 5.92 Å². The topological polar surface area (TPSA) is 38.3 Å². The van der Waals surface area contributed by atoms with Crippen molar-refractivity contribution in [1.29, 1.82) is 0 Å². The minimum atomic E-state index is -0.199. The van der Waals surface area contributed by atoms with E-state index in [1.807, 2.05) is 43.3 Å². The van der Waals surface area contributed by atoms with Crippen molar-refractivity contribution in [2.75, 3.05) is 19.0 Å². The second-order valence-electron chi connectivity index (χ2n) is 4.72. The van der Waals surface area contributed by atoms with E-state index in [0.717, 1.165) is 16.8 Å². The highest BCUT2D eigenvalue weighted by Gasteiger charge is 2.13. The Balaban J connectivity index is 2.15. The van der Waals surface area contributed by atoms with Crippen LogP contribution in [0.1, 0.15) is 6.92 Å². The largest absolute Gasteiger partial charge is 0.469 e. The average Bonchev–Trinajstić information content (AvgIpc) is 2.53. The van der Waals surface area contributed by atoms with Crippen LogP contribution in [-0.4, -0.2) is 19.6 Å². The van der Waals surface area contributed by atoms with E-state index in [1.165, 1.54) is 7.11 Å². The number of carbonyl (C=O) groups is 1. The molecule has 0 bridgehead atoms. The number of para-hydroxylation sites is 1. The first-order valence-electron chi connectivity index (χ1n) is 6.68. The molecule has 2 aromatic rings. The predicted octanol–water partition coefficient (Wildman–Crippen LogP) is 3.57. The molecule has 3 heteroatoms. The summed E-state index contributed by atoms with van der Waals surface area (Å²) >= 11 is 0. The van der Waals surface area contributed by atoms with Crippen LogP contribution in [0.5, 0.6) is 0 Å². The Morgan fingerprint density at radius 2 is 1.75 bits per heavy atom. The Kier molecular flexibility index (Phi) is 4.77. The van der Waals surface area contributed by atoms with E-state index >= 15 is 0 Å². The molecule has 0 aliphatic rings. The fourth-order valence-electron chi connectivity index (χ4n) is 2.05. The predicted molar refractivity (Wildman–Crippen MR) is 81.5 cm³/mol. The molecule has 104 valence electrons. The second kappa shape index (κ2) is 6.75. The average molecular weight is 269 g/mol. The molecular weight excluding hydrogens is 250 g/mol. The van der Waals surface area contributed by atoms with Gasteiger partial charge in [-0.25, -0.2) is 0 Å². The number of anilines is 1. The summed E-state index contributed by atoms with van der Waals surface area (Å²) in [5.74, 6) is -0.376. The maximum absolute atomic E-state index is 11.4. The van der Waals surface area contributed by atoms with Crippen LogP contribution >= 0.6 is 0 Å². The zero-order valence-electron chi connectivity index (χ0n) is 11.8. The van der Waals surface area contributed by atoms with E-state index in [4.69, 9.17) is 4.74 Å². The highest BCUT2D eigenvalue weighted by atomic mass is 16.5. The number of benzene rings is 2. The third kappa shape index (κ3) is 3.38. The standard InChI is InChI=1S/C17H19NO2/c1-13(17(19)20-2)12-18-16-11-7-6-10-15(16)14-8-4-3-5-9-14/h3-11,13,18H,12H2,1-2H3. The van der Waals surface area contributed by atoms with E-state index in [0.29, 0.717) is 6.54 Å². The van der Waals surface area contributed by atoms with Crippen molar-refractivity contribution in [3.05, 3.63) is 54.6 Å². The lowest BCUT2D eigenvalue weighted by molar-refractivity contribution is -0.144. The van der Waals surface area contributed by atoms with Gasteiger partial charge in [0.2, 0.25) is 0 Å². The number of ether oxygens (including phenoxy) is 1. The van der Waals surface area contributed by atoms with Gasteiger partial charge in [0.15, 0.2) is 0 Å². The maximum atomic E-state index is 11.4. The Labute approximate surface area is 119 Å². The van der Waals surface area contributed by atoms with Gasteiger partial charge in [-0.2, -0.15) is 0 Å². The van der Waals surface area contributed by atoms with E-state index in [-0.39, 0.29) is 11.9 Å². The molecule has 0 saturated heterocycles. The summed E-state index contributed by atoms with van der Waals surface area (Å²) in [6, 6.07) is 18.3. The third-order valence-corrected chi connectivity index (χ3v) is 3.21. The lowest BCUT2D eigenvalue weighted by Crippen LogP contribution is -2.21. The van der Waals surface area contributed by atoms with Gasteiger partial charge in [-0.05, 0) is 11.6 Å². The minimum absolute atomic E-state index is 0.177. The molecule has 0 aromatic heterocycles. The molecule has 0 aliphatic carbocycles. The van der Waals surface area contributed by atoms with Crippen LogP contribution in [0.3, 0.4) is 0 Å². The smallest absolute Gasteiger partial charge is 0.310 e. The molecule has 20 heavy (non-hydrogen) atoms. The Morgan fingerprint density at radius 3 is 2.45 bits per heavy atom. The van der Waals surface area contributed by atoms with Gasteiger partial charge in [-0.15, -0.1) is 0 Å². The van der Waals surface area contributed by atoms with E-state index in [2.05, 4.69) is 23.5 Å². The highest BCUT2D eigenvalue weighted by molar-refractivity contribution is 5.78. The molecule has 0 amide bonds.